The summed E-state index contributed by atoms with van der Waals surface area (Å²) in [5.74, 6) is 1.09. The van der Waals surface area contributed by atoms with E-state index in [9.17, 15) is 4.79 Å². The van der Waals surface area contributed by atoms with E-state index < -0.39 is 0 Å². The molecule has 0 saturated heterocycles. The number of pyridine rings is 1. The van der Waals surface area contributed by atoms with Crippen LogP contribution < -0.4 is 5.56 Å². The van der Waals surface area contributed by atoms with Crippen molar-refractivity contribution in [1.82, 2.24) is 19.5 Å². The van der Waals surface area contributed by atoms with Gasteiger partial charge in [0.15, 0.2) is 0 Å². The molecule has 0 amide bonds. The van der Waals surface area contributed by atoms with Crippen molar-refractivity contribution in [2.45, 2.75) is 6.92 Å². The second-order valence-electron chi connectivity index (χ2n) is 6.86. The first-order valence-corrected chi connectivity index (χ1v) is 9.41. The average molecular weight is 378 g/mol. The standard InChI is InChI=1S/C24H18N4O/c1-16-17(18-8-2-4-10-20(18)26-16)13-14-23-27-21-11-5-3-9-19(21)24(29)28(23)22-12-6-7-15-25-22/h2-15,26H,1H3/b14-13+. The van der Waals surface area contributed by atoms with Crippen LogP contribution in [0.1, 0.15) is 17.1 Å². The summed E-state index contributed by atoms with van der Waals surface area (Å²) in [6.45, 7) is 2.04. The number of nitrogens with zero attached hydrogens (tertiary/aromatic N) is 3. The molecule has 0 aliphatic heterocycles. The average Bonchev–Trinajstić information content (AvgIpc) is 3.08. The Morgan fingerprint density at radius 3 is 2.48 bits per heavy atom. The molecule has 3 heterocycles. The van der Waals surface area contributed by atoms with Gasteiger partial charge in [-0.15, -0.1) is 0 Å². The Bertz CT molecular complexity index is 1430. The van der Waals surface area contributed by atoms with E-state index in [1.54, 1.807) is 16.8 Å². The summed E-state index contributed by atoms with van der Waals surface area (Å²) in [6, 6.07) is 21.0. The predicted octanol–water partition coefficient (Wildman–Crippen LogP) is 4.74. The number of hydrogen-bond acceptors (Lipinski definition) is 3. The Balaban J connectivity index is 1.75. The van der Waals surface area contributed by atoms with Crippen molar-refractivity contribution in [3.05, 3.63) is 100 Å². The van der Waals surface area contributed by atoms with Crippen molar-refractivity contribution < 1.29 is 0 Å². The maximum Gasteiger partial charge on any atom is 0.267 e. The summed E-state index contributed by atoms with van der Waals surface area (Å²) in [6.07, 6.45) is 5.56. The van der Waals surface area contributed by atoms with Gasteiger partial charge in [-0.2, -0.15) is 0 Å². The third kappa shape index (κ3) is 2.93. The fourth-order valence-electron chi connectivity index (χ4n) is 3.64. The van der Waals surface area contributed by atoms with Crippen molar-refractivity contribution in [2.75, 3.05) is 0 Å². The van der Waals surface area contributed by atoms with Crippen LogP contribution in [0.5, 0.6) is 0 Å². The lowest BCUT2D eigenvalue weighted by molar-refractivity contribution is 0.905. The van der Waals surface area contributed by atoms with Gasteiger partial charge >= 0.3 is 0 Å². The molecule has 5 nitrogen and oxygen atoms in total. The quantitative estimate of drug-likeness (QED) is 0.493. The zero-order valence-corrected chi connectivity index (χ0v) is 15.8. The van der Waals surface area contributed by atoms with Crippen LogP contribution in [0, 0.1) is 6.92 Å². The number of H-pyrrole nitrogens is 1. The second-order valence-corrected chi connectivity index (χ2v) is 6.86. The molecule has 0 radical (unpaired) electrons. The number of aromatic nitrogens is 4. The van der Waals surface area contributed by atoms with Gasteiger partial charge in [0.25, 0.3) is 5.56 Å². The fourth-order valence-corrected chi connectivity index (χ4v) is 3.64. The van der Waals surface area contributed by atoms with Crippen molar-refractivity contribution in [3.63, 3.8) is 0 Å². The van der Waals surface area contributed by atoms with Crippen LogP contribution in [0.3, 0.4) is 0 Å². The van der Waals surface area contributed by atoms with Crippen LogP contribution in [0.15, 0.2) is 77.7 Å². The minimum absolute atomic E-state index is 0.135. The SMILES string of the molecule is Cc1[nH]c2ccccc2c1/C=C/c1nc2ccccc2c(=O)n1-c1ccccn1. The van der Waals surface area contributed by atoms with Gasteiger partial charge in [-0.3, -0.25) is 4.79 Å². The fraction of sp³-hybridized carbons (Fsp3) is 0.0417. The van der Waals surface area contributed by atoms with Gasteiger partial charge < -0.3 is 4.98 Å². The molecule has 0 bridgehead atoms. The maximum atomic E-state index is 13.2. The van der Waals surface area contributed by atoms with E-state index in [2.05, 4.69) is 22.1 Å². The number of aryl methyl sites for hydroxylation is 1. The molecule has 0 aliphatic carbocycles. The molecule has 5 heteroatoms. The number of aromatic amines is 1. The minimum atomic E-state index is -0.135. The van der Waals surface area contributed by atoms with Crippen LogP contribution in [-0.4, -0.2) is 19.5 Å². The third-order valence-electron chi connectivity index (χ3n) is 5.02. The van der Waals surface area contributed by atoms with E-state index in [0.717, 1.165) is 22.2 Å². The second kappa shape index (κ2) is 6.87. The number of hydrogen-bond donors (Lipinski definition) is 1. The molecule has 140 valence electrons. The lowest BCUT2D eigenvalue weighted by Crippen LogP contribution is -2.23. The Morgan fingerprint density at radius 1 is 0.897 bits per heavy atom. The highest BCUT2D eigenvalue weighted by Gasteiger charge is 2.12. The van der Waals surface area contributed by atoms with Gasteiger partial charge in [-0.25, -0.2) is 14.5 Å². The summed E-state index contributed by atoms with van der Waals surface area (Å²) in [5, 5.41) is 1.70. The Hall–Kier alpha value is -3.99. The number of benzene rings is 2. The summed E-state index contributed by atoms with van der Waals surface area (Å²) < 4.78 is 1.56. The van der Waals surface area contributed by atoms with Crippen LogP contribution >= 0.6 is 0 Å². The van der Waals surface area contributed by atoms with Crippen LogP contribution in [-0.2, 0) is 0 Å². The molecule has 0 fully saturated rings. The summed E-state index contributed by atoms with van der Waals surface area (Å²) in [4.78, 5) is 25.8. The van der Waals surface area contributed by atoms with E-state index in [0.29, 0.717) is 22.5 Å². The number of nitrogens with one attached hydrogen (secondary N) is 1. The monoisotopic (exact) mass is 378 g/mol. The molecule has 3 aromatic heterocycles. The minimum Gasteiger partial charge on any atom is -0.358 e. The molecule has 5 aromatic rings. The van der Waals surface area contributed by atoms with Crippen molar-refractivity contribution >= 4 is 34.0 Å². The van der Waals surface area contributed by atoms with Gasteiger partial charge in [-0.05, 0) is 49.4 Å². The highest BCUT2D eigenvalue weighted by atomic mass is 16.1. The van der Waals surface area contributed by atoms with E-state index in [1.165, 1.54) is 0 Å². The van der Waals surface area contributed by atoms with Crippen molar-refractivity contribution in [1.29, 1.82) is 0 Å². The molecule has 0 aliphatic rings. The summed E-state index contributed by atoms with van der Waals surface area (Å²) in [5.41, 5.74) is 3.76. The highest BCUT2D eigenvalue weighted by Crippen LogP contribution is 2.24. The zero-order chi connectivity index (χ0) is 19.8. The van der Waals surface area contributed by atoms with Crippen LogP contribution in [0.2, 0.25) is 0 Å². The largest absolute Gasteiger partial charge is 0.358 e. The van der Waals surface area contributed by atoms with E-state index >= 15 is 0 Å². The smallest absolute Gasteiger partial charge is 0.267 e. The van der Waals surface area contributed by atoms with Gasteiger partial charge in [0.1, 0.15) is 11.6 Å². The first-order valence-electron chi connectivity index (χ1n) is 9.41. The molecular weight excluding hydrogens is 360 g/mol. The van der Waals surface area contributed by atoms with E-state index in [-0.39, 0.29) is 5.56 Å². The molecule has 0 saturated carbocycles. The maximum absolute atomic E-state index is 13.2. The lowest BCUT2D eigenvalue weighted by atomic mass is 10.1. The Labute approximate surface area is 167 Å². The lowest BCUT2D eigenvalue weighted by Gasteiger charge is -2.10. The van der Waals surface area contributed by atoms with E-state index in [4.69, 9.17) is 4.98 Å². The topological polar surface area (TPSA) is 63.6 Å². The Morgan fingerprint density at radius 2 is 1.66 bits per heavy atom. The van der Waals surface area contributed by atoms with Crippen LogP contribution in [0.25, 0.3) is 39.8 Å². The highest BCUT2D eigenvalue weighted by molar-refractivity contribution is 5.93. The molecule has 0 unspecified atom stereocenters. The number of para-hydroxylation sites is 2. The molecule has 0 atom stereocenters. The van der Waals surface area contributed by atoms with Crippen LogP contribution in [0.4, 0.5) is 0 Å². The van der Waals surface area contributed by atoms with Crippen molar-refractivity contribution in [2.24, 2.45) is 0 Å². The number of rotatable bonds is 3. The van der Waals surface area contributed by atoms with Gasteiger partial charge in [-0.1, -0.05) is 36.4 Å². The molecule has 1 N–H and O–H groups in total. The van der Waals surface area contributed by atoms with E-state index in [1.807, 2.05) is 67.6 Å². The normalized spacial score (nSPS) is 11.6. The Kier molecular flexibility index (Phi) is 4.06. The van der Waals surface area contributed by atoms with Gasteiger partial charge in [0, 0.05) is 28.4 Å². The molecule has 2 aromatic carbocycles. The zero-order valence-electron chi connectivity index (χ0n) is 15.8. The predicted molar refractivity (Wildman–Crippen MR) is 117 cm³/mol. The molecule has 29 heavy (non-hydrogen) atoms. The number of fused-ring (bicyclic) bond motifs is 2. The summed E-state index contributed by atoms with van der Waals surface area (Å²) >= 11 is 0. The van der Waals surface area contributed by atoms with Crippen molar-refractivity contribution in [3.8, 4) is 5.82 Å². The van der Waals surface area contributed by atoms with Gasteiger partial charge in [0.2, 0.25) is 0 Å². The molecule has 5 rings (SSSR count). The first-order chi connectivity index (χ1) is 14.2. The molecular formula is C24H18N4O. The summed E-state index contributed by atoms with van der Waals surface area (Å²) in [7, 11) is 0. The van der Waals surface area contributed by atoms with Gasteiger partial charge in [0.05, 0.1) is 10.9 Å². The first kappa shape index (κ1) is 17.1. The molecule has 0 spiro atoms. The third-order valence-corrected chi connectivity index (χ3v) is 5.02.